The fraction of sp³-hybridized carbons (Fsp3) is 0.444. The van der Waals surface area contributed by atoms with Gasteiger partial charge in [-0.2, -0.15) is 8.78 Å². The zero-order chi connectivity index (χ0) is 18.1. The minimum Gasteiger partial charge on any atom is -0.493 e. The third-order valence-electron chi connectivity index (χ3n) is 3.79. The number of nitrogens with one attached hydrogen (secondary N) is 1. The summed E-state index contributed by atoms with van der Waals surface area (Å²) in [6.07, 6.45) is 10.5. The molecule has 4 nitrogen and oxygen atoms in total. The lowest BCUT2D eigenvalue weighted by atomic mass is 10.1. The van der Waals surface area contributed by atoms with Gasteiger partial charge in [-0.1, -0.05) is 34.8 Å². The number of alkyl halides is 3. The van der Waals surface area contributed by atoms with E-state index < -0.39 is 6.61 Å². The lowest BCUT2D eigenvalue weighted by Crippen LogP contribution is -2.32. The van der Waals surface area contributed by atoms with Crippen LogP contribution in [0.15, 0.2) is 36.7 Å². The predicted molar refractivity (Wildman–Crippen MR) is 98.8 cm³/mol. The molecule has 0 saturated carbocycles. The zero-order valence-corrected chi connectivity index (χ0v) is 15.8. The van der Waals surface area contributed by atoms with Gasteiger partial charge in [0, 0.05) is 29.8 Å². The number of hydrogen-bond acceptors (Lipinski definition) is 4. The highest BCUT2D eigenvalue weighted by atomic mass is 79.9. The number of rotatable bonds is 10. The molecule has 1 aromatic rings. The molecule has 2 rings (SSSR count). The summed E-state index contributed by atoms with van der Waals surface area (Å²) in [6.45, 7) is -1.97. The highest BCUT2D eigenvalue weighted by Gasteiger charge is 2.13. The highest BCUT2D eigenvalue weighted by molar-refractivity contribution is 9.09. The molecule has 0 bridgehead atoms. The van der Waals surface area contributed by atoms with Gasteiger partial charge in [-0.05, 0) is 36.6 Å². The van der Waals surface area contributed by atoms with E-state index in [0.717, 1.165) is 29.4 Å². The average molecular weight is 417 g/mol. The number of allylic oxidation sites excluding steroid dienone is 2. The second-order valence-electron chi connectivity index (χ2n) is 5.59. The predicted octanol–water partition coefficient (Wildman–Crippen LogP) is 4.93. The first kappa shape index (κ1) is 19.6. The Morgan fingerprint density at radius 2 is 1.96 bits per heavy atom. The van der Waals surface area contributed by atoms with Gasteiger partial charge in [0.2, 0.25) is 0 Å². The van der Waals surface area contributed by atoms with Crippen LogP contribution in [0.2, 0.25) is 0 Å². The van der Waals surface area contributed by atoms with Gasteiger partial charge in [0.1, 0.15) is 0 Å². The van der Waals surface area contributed by atoms with Crippen LogP contribution in [0.4, 0.5) is 8.78 Å². The van der Waals surface area contributed by atoms with E-state index in [1.807, 2.05) is 23.5 Å². The minimum absolute atomic E-state index is 0.0309. The Balaban J connectivity index is 2.02. The number of halogens is 3. The molecule has 1 aliphatic heterocycles. The molecule has 0 aromatic heterocycles. The summed E-state index contributed by atoms with van der Waals surface area (Å²) < 4.78 is 34.5. The van der Waals surface area contributed by atoms with E-state index in [1.54, 1.807) is 12.1 Å². The topological polar surface area (TPSA) is 33.7 Å². The third-order valence-corrected chi connectivity index (χ3v) is 4.35. The van der Waals surface area contributed by atoms with E-state index in [2.05, 4.69) is 26.1 Å². The van der Waals surface area contributed by atoms with Crippen molar-refractivity contribution in [1.82, 2.24) is 10.4 Å². The van der Waals surface area contributed by atoms with E-state index in [9.17, 15) is 8.78 Å². The van der Waals surface area contributed by atoms with Crippen molar-refractivity contribution in [3.8, 4) is 11.5 Å². The largest absolute Gasteiger partial charge is 0.493 e. The quantitative estimate of drug-likeness (QED) is 0.433. The monoisotopic (exact) mass is 416 g/mol. The smallest absolute Gasteiger partial charge is 0.387 e. The molecule has 1 N–H and O–H groups in total. The van der Waals surface area contributed by atoms with Crippen LogP contribution < -0.4 is 14.9 Å². The van der Waals surface area contributed by atoms with Crippen molar-refractivity contribution in [2.75, 3.05) is 19.0 Å². The summed E-state index contributed by atoms with van der Waals surface area (Å²) in [5, 5.41) is 3.08. The van der Waals surface area contributed by atoms with Gasteiger partial charge < -0.3 is 14.9 Å². The Kier molecular flexibility index (Phi) is 8.04. The van der Waals surface area contributed by atoms with Gasteiger partial charge in [-0.15, -0.1) is 0 Å². The molecular weight excluding hydrogens is 394 g/mol. The lowest BCUT2D eigenvalue weighted by molar-refractivity contribution is -0.0512. The van der Waals surface area contributed by atoms with Crippen LogP contribution in [0.1, 0.15) is 31.2 Å². The number of methoxy groups -OCH3 is 1. The molecule has 0 aliphatic carbocycles. The molecule has 0 spiro atoms. The fourth-order valence-electron chi connectivity index (χ4n) is 2.54. The van der Waals surface area contributed by atoms with Crippen LogP contribution in [-0.2, 0) is 0 Å². The van der Waals surface area contributed by atoms with Crippen molar-refractivity contribution in [3.63, 3.8) is 0 Å². The molecular formula is C18H23BrF2N2O2. The SMILES string of the molecule is COc1cc(C2=CN(CCCCCCBr)NC=C2)ccc1OC(F)F. The molecule has 1 heterocycles. The minimum atomic E-state index is -2.88. The molecule has 138 valence electrons. The van der Waals surface area contributed by atoms with Crippen LogP contribution in [-0.4, -0.2) is 30.6 Å². The van der Waals surface area contributed by atoms with E-state index >= 15 is 0 Å². The lowest BCUT2D eigenvalue weighted by Gasteiger charge is -2.25. The third kappa shape index (κ3) is 6.23. The van der Waals surface area contributed by atoms with Crippen LogP contribution in [0.5, 0.6) is 11.5 Å². The molecule has 1 aliphatic rings. The standard InChI is InChI=1S/C18H23BrF2N2O2/c1-24-17-12-14(6-7-16(17)25-18(20)21)15-8-10-22-23(13-15)11-5-3-2-4-9-19/h6-8,10,12-13,18,22H,2-5,9,11H2,1H3. The van der Waals surface area contributed by atoms with Crippen LogP contribution >= 0.6 is 15.9 Å². The summed E-state index contributed by atoms with van der Waals surface area (Å²) in [5.74, 6) is 0.315. The molecule has 0 fully saturated rings. The Labute approximate surface area is 155 Å². The zero-order valence-electron chi connectivity index (χ0n) is 14.2. The number of nitrogens with zero attached hydrogens (tertiary/aromatic N) is 1. The van der Waals surface area contributed by atoms with E-state index in [4.69, 9.17) is 4.74 Å². The summed E-state index contributed by atoms with van der Waals surface area (Å²) in [7, 11) is 1.43. The maximum absolute atomic E-state index is 12.4. The van der Waals surface area contributed by atoms with Gasteiger partial charge in [-0.25, -0.2) is 0 Å². The Morgan fingerprint density at radius 1 is 1.16 bits per heavy atom. The molecule has 1 aromatic carbocycles. The molecule has 0 saturated heterocycles. The molecule has 0 atom stereocenters. The van der Waals surface area contributed by atoms with Gasteiger partial charge >= 0.3 is 6.61 Å². The fourth-order valence-corrected chi connectivity index (χ4v) is 2.94. The highest BCUT2D eigenvalue weighted by Crippen LogP contribution is 2.32. The maximum Gasteiger partial charge on any atom is 0.387 e. The van der Waals surface area contributed by atoms with Crippen molar-refractivity contribution in [2.24, 2.45) is 0 Å². The first-order valence-corrected chi connectivity index (χ1v) is 9.36. The Morgan fingerprint density at radius 3 is 2.68 bits per heavy atom. The average Bonchev–Trinajstić information content (AvgIpc) is 2.61. The second kappa shape index (κ2) is 10.3. The molecule has 0 unspecified atom stereocenters. The first-order chi connectivity index (χ1) is 12.1. The summed E-state index contributed by atoms with van der Waals surface area (Å²) in [6, 6.07) is 4.95. The number of ether oxygens (including phenoxy) is 2. The van der Waals surface area contributed by atoms with Crippen molar-refractivity contribution < 1.29 is 18.3 Å². The second-order valence-corrected chi connectivity index (χ2v) is 6.38. The first-order valence-electron chi connectivity index (χ1n) is 8.24. The molecule has 0 amide bonds. The summed E-state index contributed by atoms with van der Waals surface area (Å²) in [4.78, 5) is 0. The summed E-state index contributed by atoms with van der Waals surface area (Å²) in [5.41, 5.74) is 5.04. The van der Waals surface area contributed by atoms with Gasteiger partial charge in [0.15, 0.2) is 11.5 Å². The number of unbranched alkanes of at least 4 members (excludes halogenated alkanes) is 3. The van der Waals surface area contributed by atoms with Crippen molar-refractivity contribution in [1.29, 1.82) is 0 Å². The van der Waals surface area contributed by atoms with Crippen molar-refractivity contribution >= 4 is 21.5 Å². The number of benzene rings is 1. The number of hydrogen-bond donors (Lipinski definition) is 1. The Bertz CT molecular complexity index is 609. The molecule has 7 heteroatoms. The summed E-state index contributed by atoms with van der Waals surface area (Å²) >= 11 is 3.44. The van der Waals surface area contributed by atoms with Crippen LogP contribution in [0.25, 0.3) is 5.57 Å². The van der Waals surface area contributed by atoms with E-state index in [0.29, 0.717) is 0 Å². The number of hydrazine groups is 1. The maximum atomic E-state index is 12.4. The molecule has 0 radical (unpaired) electrons. The molecule has 25 heavy (non-hydrogen) atoms. The van der Waals surface area contributed by atoms with Crippen LogP contribution in [0, 0.1) is 0 Å². The normalized spacial score (nSPS) is 13.6. The van der Waals surface area contributed by atoms with E-state index in [1.165, 1.54) is 32.4 Å². The van der Waals surface area contributed by atoms with Gasteiger partial charge in [0.25, 0.3) is 0 Å². The van der Waals surface area contributed by atoms with Gasteiger partial charge in [-0.3, -0.25) is 5.01 Å². The van der Waals surface area contributed by atoms with E-state index in [-0.39, 0.29) is 11.5 Å². The van der Waals surface area contributed by atoms with Crippen LogP contribution in [0.3, 0.4) is 0 Å². The van der Waals surface area contributed by atoms with Crippen molar-refractivity contribution in [3.05, 3.63) is 42.2 Å². The van der Waals surface area contributed by atoms with Crippen molar-refractivity contribution in [2.45, 2.75) is 32.3 Å². The van der Waals surface area contributed by atoms with Gasteiger partial charge in [0.05, 0.1) is 7.11 Å². The Hall–Kier alpha value is -1.76.